The van der Waals surface area contributed by atoms with Crippen LogP contribution in [0.1, 0.15) is 53.7 Å². The van der Waals surface area contributed by atoms with Gasteiger partial charge in [0.25, 0.3) is 0 Å². The van der Waals surface area contributed by atoms with Crippen molar-refractivity contribution >= 4 is 11.3 Å². The summed E-state index contributed by atoms with van der Waals surface area (Å²) in [7, 11) is 0. The molecule has 1 atom stereocenters. The van der Waals surface area contributed by atoms with E-state index in [1.54, 1.807) is 10.4 Å². The molecule has 0 aliphatic heterocycles. The van der Waals surface area contributed by atoms with E-state index in [1.165, 1.54) is 29.8 Å². The molecule has 2 aromatic rings. The fourth-order valence-corrected chi connectivity index (χ4v) is 4.33. The Hall–Kier alpha value is -1.13. The lowest BCUT2D eigenvalue weighted by Gasteiger charge is -2.18. The average molecular weight is 289 g/mol. The van der Waals surface area contributed by atoms with Gasteiger partial charge in [0.1, 0.15) is 0 Å². The van der Waals surface area contributed by atoms with Gasteiger partial charge < -0.3 is 5.32 Å². The fraction of sp³-hybridized carbons (Fsp3) is 0.562. The van der Waals surface area contributed by atoms with Crippen LogP contribution in [0.15, 0.2) is 18.3 Å². The molecule has 4 heteroatoms. The number of rotatable bonds is 6. The first-order valence-corrected chi connectivity index (χ1v) is 8.51. The van der Waals surface area contributed by atoms with Crippen LogP contribution in [0, 0.1) is 0 Å². The summed E-state index contributed by atoms with van der Waals surface area (Å²) >= 11 is 1.99. The minimum Gasteiger partial charge on any atom is -0.304 e. The van der Waals surface area contributed by atoms with Gasteiger partial charge in [-0.3, -0.25) is 4.68 Å². The van der Waals surface area contributed by atoms with Crippen LogP contribution in [0.5, 0.6) is 0 Å². The van der Waals surface area contributed by atoms with Gasteiger partial charge in [-0.05, 0) is 56.8 Å². The van der Waals surface area contributed by atoms with Gasteiger partial charge in [0.2, 0.25) is 0 Å². The highest BCUT2D eigenvalue weighted by atomic mass is 32.1. The maximum Gasteiger partial charge on any atom is 0.0842 e. The Morgan fingerprint density at radius 1 is 1.40 bits per heavy atom. The summed E-state index contributed by atoms with van der Waals surface area (Å²) < 4.78 is 2.11. The van der Waals surface area contributed by atoms with E-state index in [1.807, 2.05) is 17.5 Å². The van der Waals surface area contributed by atoms with Crippen LogP contribution in [0.2, 0.25) is 0 Å². The first-order chi connectivity index (χ1) is 9.83. The predicted molar refractivity (Wildman–Crippen MR) is 84.4 cm³/mol. The molecule has 0 bridgehead atoms. The number of hydrogen-bond acceptors (Lipinski definition) is 3. The molecule has 1 aliphatic carbocycles. The quantitative estimate of drug-likeness (QED) is 0.881. The summed E-state index contributed by atoms with van der Waals surface area (Å²) in [4.78, 5) is 3.06. The largest absolute Gasteiger partial charge is 0.304 e. The first-order valence-electron chi connectivity index (χ1n) is 7.70. The summed E-state index contributed by atoms with van der Waals surface area (Å²) in [5.41, 5.74) is 2.87. The Balaban J connectivity index is 1.92. The Morgan fingerprint density at radius 3 is 3.05 bits per heavy atom. The van der Waals surface area contributed by atoms with Crippen LogP contribution in [-0.2, 0) is 19.4 Å². The minimum atomic E-state index is 0.299. The highest BCUT2D eigenvalue weighted by Crippen LogP contribution is 2.36. The molecule has 3 rings (SSSR count). The molecular weight excluding hydrogens is 266 g/mol. The molecule has 1 N–H and O–H groups in total. The number of aromatic nitrogens is 2. The summed E-state index contributed by atoms with van der Waals surface area (Å²) in [5.74, 6) is 0. The lowest BCUT2D eigenvalue weighted by molar-refractivity contribution is 0.534. The van der Waals surface area contributed by atoms with Crippen LogP contribution in [0.4, 0.5) is 0 Å². The van der Waals surface area contributed by atoms with Gasteiger partial charge in [0, 0.05) is 22.5 Å². The normalized spacial score (nSPS) is 15.5. The van der Waals surface area contributed by atoms with Gasteiger partial charge in [-0.2, -0.15) is 5.10 Å². The van der Waals surface area contributed by atoms with E-state index in [4.69, 9.17) is 0 Å². The van der Waals surface area contributed by atoms with Gasteiger partial charge in [-0.15, -0.1) is 11.3 Å². The van der Waals surface area contributed by atoms with E-state index in [0.717, 1.165) is 19.5 Å². The molecule has 1 unspecified atom stereocenters. The number of aryl methyl sites for hydroxylation is 3. The lowest BCUT2D eigenvalue weighted by atomic mass is 10.1. The SMILES string of the molecule is CCCNC(c1cc2c(s1)CCC2)c1ccnn1CC. The molecule has 2 heterocycles. The fourth-order valence-electron chi connectivity index (χ4n) is 2.99. The van der Waals surface area contributed by atoms with Crippen molar-refractivity contribution in [3.63, 3.8) is 0 Å². The number of nitrogens with zero attached hydrogens (tertiary/aromatic N) is 2. The van der Waals surface area contributed by atoms with Crippen molar-refractivity contribution in [2.24, 2.45) is 0 Å². The van der Waals surface area contributed by atoms with E-state index >= 15 is 0 Å². The summed E-state index contributed by atoms with van der Waals surface area (Å²) in [6, 6.07) is 4.88. The second-order valence-electron chi connectivity index (χ2n) is 5.41. The Bertz CT molecular complexity index is 549. The molecule has 108 valence electrons. The second-order valence-corrected chi connectivity index (χ2v) is 6.58. The highest BCUT2D eigenvalue weighted by Gasteiger charge is 2.23. The predicted octanol–water partition coefficient (Wildman–Crippen LogP) is 3.54. The van der Waals surface area contributed by atoms with Gasteiger partial charge in [0.15, 0.2) is 0 Å². The second kappa shape index (κ2) is 6.10. The van der Waals surface area contributed by atoms with E-state index in [9.17, 15) is 0 Å². The molecule has 2 aromatic heterocycles. The zero-order chi connectivity index (χ0) is 13.9. The molecule has 0 saturated carbocycles. The molecule has 1 aliphatic rings. The van der Waals surface area contributed by atoms with Crippen molar-refractivity contribution in [2.45, 2.75) is 52.1 Å². The lowest BCUT2D eigenvalue weighted by Crippen LogP contribution is -2.25. The zero-order valence-corrected chi connectivity index (χ0v) is 13.2. The average Bonchev–Trinajstić information content (AvgIpc) is 3.13. The van der Waals surface area contributed by atoms with Crippen molar-refractivity contribution in [1.29, 1.82) is 0 Å². The maximum atomic E-state index is 4.43. The van der Waals surface area contributed by atoms with Gasteiger partial charge >= 0.3 is 0 Å². The van der Waals surface area contributed by atoms with Crippen LogP contribution < -0.4 is 5.32 Å². The number of hydrogen-bond donors (Lipinski definition) is 1. The van der Waals surface area contributed by atoms with E-state index in [2.05, 4.69) is 41.1 Å². The molecule has 0 fully saturated rings. The standard InChI is InChI=1S/C16H23N3S/c1-3-9-17-16(13-8-10-18-19(13)4-2)15-11-12-6-5-7-14(12)20-15/h8,10-11,16-17H,3-7,9H2,1-2H3. The maximum absolute atomic E-state index is 4.43. The number of fused-ring (bicyclic) bond motifs is 1. The number of nitrogens with one attached hydrogen (secondary N) is 1. The van der Waals surface area contributed by atoms with Gasteiger partial charge in [-0.25, -0.2) is 0 Å². The monoisotopic (exact) mass is 289 g/mol. The van der Waals surface area contributed by atoms with Crippen LogP contribution in [0.3, 0.4) is 0 Å². The molecule has 20 heavy (non-hydrogen) atoms. The zero-order valence-electron chi connectivity index (χ0n) is 12.4. The topological polar surface area (TPSA) is 29.9 Å². The van der Waals surface area contributed by atoms with Crippen molar-refractivity contribution < 1.29 is 0 Å². The van der Waals surface area contributed by atoms with Gasteiger partial charge in [0.05, 0.1) is 11.7 Å². The van der Waals surface area contributed by atoms with E-state index < -0.39 is 0 Å². The van der Waals surface area contributed by atoms with Crippen LogP contribution >= 0.6 is 11.3 Å². The third-order valence-corrected chi connectivity index (χ3v) is 5.30. The Labute approximate surface area is 125 Å². The molecule has 0 saturated heterocycles. The Morgan fingerprint density at radius 2 is 2.30 bits per heavy atom. The molecule has 3 nitrogen and oxygen atoms in total. The molecule has 0 radical (unpaired) electrons. The van der Waals surface area contributed by atoms with E-state index in [0.29, 0.717) is 6.04 Å². The third kappa shape index (κ3) is 2.54. The highest BCUT2D eigenvalue weighted by molar-refractivity contribution is 7.12. The van der Waals surface area contributed by atoms with Crippen molar-refractivity contribution in [3.05, 3.63) is 39.3 Å². The van der Waals surface area contributed by atoms with Crippen molar-refractivity contribution in [1.82, 2.24) is 15.1 Å². The first kappa shape index (κ1) is 13.8. The van der Waals surface area contributed by atoms with Gasteiger partial charge in [-0.1, -0.05) is 6.92 Å². The summed E-state index contributed by atoms with van der Waals surface area (Å²) in [6.45, 7) is 6.34. The summed E-state index contributed by atoms with van der Waals surface area (Å²) in [5, 5.41) is 8.13. The van der Waals surface area contributed by atoms with Crippen molar-refractivity contribution in [2.75, 3.05) is 6.54 Å². The van der Waals surface area contributed by atoms with Crippen LogP contribution in [-0.4, -0.2) is 16.3 Å². The van der Waals surface area contributed by atoms with E-state index in [-0.39, 0.29) is 0 Å². The third-order valence-electron chi connectivity index (χ3n) is 3.99. The van der Waals surface area contributed by atoms with Crippen LogP contribution in [0.25, 0.3) is 0 Å². The number of thiophene rings is 1. The molecule has 0 aromatic carbocycles. The van der Waals surface area contributed by atoms with Crippen molar-refractivity contribution in [3.8, 4) is 0 Å². The molecule has 0 spiro atoms. The molecule has 0 amide bonds. The molecular formula is C16H23N3S. The summed E-state index contributed by atoms with van der Waals surface area (Å²) in [6.07, 6.45) is 6.94. The Kier molecular flexibility index (Phi) is 4.22. The smallest absolute Gasteiger partial charge is 0.0842 e. The minimum absolute atomic E-state index is 0.299.